The topological polar surface area (TPSA) is 26.0 Å². The minimum atomic E-state index is 0.180. The fourth-order valence-electron chi connectivity index (χ4n) is 1.90. The van der Waals surface area contributed by atoms with Crippen LogP contribution in [0, 0.1) is 19.3 Å². The van der Waals surface area contributed by atoms with Crippen LogP contribution >= 0.6 is 0 Å². The molecule has 0 saturated heterocycles. The van der Waals surface area contributed by atoms with E-state index in [1.165, 1.54) is 23.1 Å². The third-order valence-electron chi connectivity index (χ3n) is 3.04. The molecule has 1 rings (SSSR count). The molecular weight excluding hydrogens is 194 g/mol. The second kappa shape index (κ2) is 5.01. The van der Waals surface area contributed by atoms with Gasteiger partial charge in [0.2, 0.25) is 0 Å². The summed E-state index contributed by atoms with van der Waals surface area (Å²) in [5, 5.41) is 0. The molecule has 1 heteroatoms. The Hall–Kier alpha value is -0.820. The fraction of sp³-hybridized carbons (Fsp3) is 0.600. The largest absolute Gasteiger partial charge is 0.324 e. The monoisotopic (exact) mass is 219 g/mol. The van der Waals surface area contributed by atoms with Crippen molar-refractivity contribution in [2.75, 3.05) is 0 Å². The Labute approximate surface area is 100 Å². The second-order valence-electron chi connectivity index (χ2n) is 6.07. The summed E-state index contributed by atoms with van der Waals surface area (Å²) >= 11 is 0. The van der Waals surface area contributed by atoms with E-state index in [9.17, 15) is 0 Å². The van der Waals surface area contributed by atoms with Gasteiger partial charge in [-0.1, -0.05) is 44.5 Å². The van der Waals surface area contributed by atoms with Crippen LogP contribution in [0.25, 0.3) is 0 Å². The Balaban J connectivity index is 2.73. The maximum Gasteiger partial charge on any atom is 0.0297 e. The molecule has 16 heavy (non-hydrogen) atoms. The van der Waals surface area contributed by atoms with Crippen LogP contribution in [-0.4, -0.2) is 0 Å². The average Bonchev–Trinajstić information content (AvgIpc) is 2.17. The van der Waals surface area contributed by atoms with Gasteiger partial charge in [0.25, 0.3) is 0 Å². The van der Waals surface area contributed by atoms with E-state index in [4.69, 9.17) is 5.73 Å². The molecule has 1 aromatic rings. The Kier molecular flexibility index (Phi) is 4.15. The molecule has 1 nitrogen and oxygen atoms in total. The van der Waals surface area contributed by atoms with Crippen molar-refractivity contribution in [3.05, 3.63) is 34.9 Å². The maximum absolute atomic E-state index is 6.27. The maximum atomic E-state index is 6.27. The number of hydrogen-bond donors (Lipinski definition) is 1. The predicted molar refractivity (Wildman–Crippen MR) is 71.5 cm³/mol. The molecule has 0 aromatic heterocycles. The quantitative estimate of drug-likeness (QED) is 0.812. The minimum absolute atomic E-state index is 0.180. The smallest absolute Gasteiger partial charge is 0.0297 e. The highest BCUT2D eigenvalue weighted by molar-refractivity contribution is 5.32. The third-order valence-corrected chi connectivity index (χ3v) is 3.04. The van der Waals surface area contributed by atoms with Crippen LogP contribution in [0.15, 0.2) is 18.2 Å². The van der Waals surface area contributed by atoms with Crippen LogP contribution in [0.4, 0.5) is 0 Å². The summed E-state index contributed by atoms with van der Waals surface area (Å²) in [5.41, 5.74) is 10.6. The van der Waals surface area contributed by atoms with Gasteiger partial charge in [-0.15, -0.1) is 0 Å². The molecule has 0 fully saturated rings. The number of hydrogen-bond acceptors (Lipinski definition) is 1. The normalized spacial score (nSPS) is 13.9. The lowest BCUT2D eigenvalue weighted by atomic mass is 9.86. The molecule has 0 radical (unpaired) electrons. The van der Waals surface area contributed by atoms with Gasteiger partial charge in [0, 0.05) is 6.04 Å². The first-order valence-electron chi connectivity index (χ1n) is 6.12. The van der Waals surface area contributed by atoms with Crippen molar-refractivity contribution in [2.45, 2.75) is 53.5 Å². The van der Waals surface area contributed by atoms with Crippen LogP contribution < -0.4 is 5.73 Å². The summed E-state index contributed by atoms with van der Waals surface area (Å²) in [6, 6.07) is 6.72. The highest BCUT2D eigenvalue weighted by Crippen LogP contribution is 2.27. The van der Waals surface area contributed by atoms with E-state index in [0.29, 0.717) is 5.41 Å². The highest BCUT2D eigenvalue weighted by Gasteiger charge is 2.15. The number of benzene rings is 1. The van der Waals surface area contributed by atoms with Crippen molar-refractivity contribution < 1.29 is 0 Å². The highest BCUT2D eigenvalue weighted by atomic mass is 14.6. The Bertz CT molecular complexity index is 347. The van der Waals surface area contributed by atoms with E-state index < -0.39 is 0 Å². The van der Waals surface area contributed by atoms with Gasteiger partial charge in [-0.05, 0) is 43.2 Å². The molecule has 0 aliphatic rings. The molecular formula is C15H25N. The van der Waals surface area contributed by atoms with Crippen LogP contribution in [0.5, 0.6) is 0 Å². The van der Waals surface area contributed by atoms with Crippen molar-refractivity contribution in [3.8, 4) is 0 Å². The SMILES string of the molecule is Cc1ccc(C)c(C(N)CCC(C)(C)C)c1. The summed E-state index contributed by atoms with van der Waals surface area (Å²) in [6.07, 6.45) is 2.23. The summed E-state index contributed by atoms with van der Waals surface area (Å²) in [6.45, 7) is 11.1. The molecule has 0 amide bonds. The van der Waals surface area contributed by atoms with Gasteiger partial charge >= 0.3 is 0 Å². The van der Waals surface area contributed by atoms with Crippen LogP contribution in [0.1, 0.15) is 56.3 Å². The van der Waals surface area contributed by atoms with E-state index in [1.807, 2.05) is 0 Å². The number of aryl methyl sites for hydroxylation is 2. The summed E-state index contributed by atoms with van der Waals surface area (Å²) in [5.74, 6) is 0. The van der Waals surface area contributed by atoms with Crippen molar-refractivity contribution in [2.24, 2.45) is 11.1 Å². The first-order chi connectivity index (χ1) is 7.29. The lowest BCUT2D eigenvalue weighted by Gasteiger charge is -2.22. The zero-order valence-electron chi connectivity index (χ0n) is 11.3. The molecule has 0 spiro atoms. The van der Waals surface area contributed by atoms with Gasteiger partial charge in [0.1, 0.15) is 0 Å². The molecule has 0 aliphatic heterocycles. The van der Waals surface area contributed by atoms with E-state index in [2.05, 4.69) is 52.8 Å². The van der Waals surface area contributed by atoms with Gasteiger partial charge < -0.3 is 5.73 Å². The standard InChI is InChI=1S/C15H25N/c1-11-6-7-12(2)13(10-11)14(16)8-9-15(3,4)5/h6-7,10,14H,8-9,16H2,1-5H3. The molecule has 1 aromatic carbocycles. The second-order valence-corrected chi connectivity index (χ2v) is 6.07. The predicted octanol–water partition coefficient (Wildman–Crippen LogP) is 4.13. The van der Waals surface area contributed by atoms with Crippen molar-refractivity contribution >= 4 is 0 Å². The number of nitrogens with two attached hydrogens (primary N) is 1. The number of rotatable bonds is 3. The molecule has 0 saturated carbocycles. The van der Waals surface area contributed by atoms with Crippen LogP contribution in [0.3, 0.4) is 0 Å². The Morgan fingerprint density at radius 2 is 1.81 bits per heavy atom. The van der Waals surface area contributed by atoms with Gasteiger partial charge in [-0.3, -0.25) is 0 Å². The average molecular weight is 219 g/mol. The molecule has 2 N–H and O–H groups in total. The first-order valence-corrected chi connectivity index (χ1v) is 6.12. The minimum Gasteiger partial charge on any atom is -0.324 e. The van der Waals surface area contributed by atoms with Gasteiger partial charge in [-0.2, -0.15) is 0 Å². The van der Waals surface area contributed by atoms with E-state index in [0.717, 1.165) is 6.42 Å². The van der Waals surface area contributed by atoms with Gasteiger partial charge in [0.05, 0.1) is 0 Å². The van der Waals surface area contributed by atoms with Gasteiger partial charge in [0.15, 0.2) is 0 Å². The Morgan fingerprint density at radius 1 is 1.19 bits per heavy atom. The summed E-state index contributed by atoms with van der Waals surface area (Å²) < 4.78 is 0. The molecule has 1 unspecified atom stereocenters. The zero-order valence-corrected chi connectivity index (χ0v) is 11.3. The Morgan fingerprint density at radius 3 is 2.38 bits per heavy atom. The van der Waals surface area contributed by atoms with E-state index in [-0.39, 0.29) is 6.04 Å². The van der Waals surface area contributed by atoms with E-state index >= 15 is 0 Å². The first kappa shape index (κ1) is 13.2. The lowest BCUT2D eigenvalue weighted by Crippen LogP contribution is -2.15. The van der Waals surface area contributed by atoms with Crippen molar-refractivity contribution in [1.29, 1.82) is 0 Å². The van der Waals surface area contributed by atoms with Crippen molar-refractivity contribution in [1.82, 2.24) is 0 Å². The molecule has 90 valence electrons. The summed E-state index contributed by atoms with van der Waals surface area (Å²) in [7, 11) is 0. The van der Waals surface area contributed by atoms with Crippen LogP contribution in [0.2, 0.25) is 0 Å². The molecule has 0 aliphatic carbocycles. The van der Waals surface area contributed by atoms with Crippen LogP contribution in [-0.2, 0) is 0 Å². The van der Waals surface area contributed by atoms with Crippen molar-refractivity contribution in [3.63, 3.8) is 0 Å². The molecule has 1 atom stereocenters. The lowest BCUT2D eigenvalue weighted by molar-refractivity contribution is 0.349. The van der Waals surface area contributed by atoms with Gasteiger partial charge in [-0.25, -0.2) is 0 Å². The van der Waals surface area contributed by atoms with E-state index in [1.54, 1.807) is 0 Å². The third kappa shape index (κ3) is 3.97. The molecule has 0 bridgehead atoms. The zero-order chi connectivity index (χ0) is 12.3. The molecule has 0 heterocycles. The fourth-order valence-corrected chi connectivity index (χ4v) is 1.90. The summed E-state index contributed by atoms with van der Waals surface area (Å²) in [4.78, 5) is 0.